The molecule has 0 aromatic heterocycles. The summed E-state index contributed by atoms with van der Waals surface area (Å²) >= 11 is 3.62. The van der Waals surface area contributed by atoms with Crippen molar-refractivity contribution >= 4 is 21.6 Å². The Labute approximate surface area is 99.6 Å². The van der Waals surface area contributed by atoms with Gasteiger partial charge >= 0.3 is 0 Å². The van der Waals surface area contributed by atoms with Gasteiger partial charge in [0.1, 0.15) is 0 Å². The second kappa shape index (κ2) is 4.14. The molecule has 0 heterocycles. The molecule has 0 bridgehead atoms. The fourth-order valence-electron chi connectivity index (χ4n) is 2.29. The van der Waals surface area contributed by atoms with Gasteiger partial charge in [-0.15, -0.1) is 0 Å². The maximum Gasteiger partial charge on any atom is 0.0350 e. The molecule has 2 rings (SSSR count). The number of benzene rings is 1. The minimum Gasteiger partial charge on any atom is -0.398 e. The molecule has 0 fully saturated rings. The number of rotatable bonds is 1. The molecular weight excluding hydrogens is 252 g/mol. The normalized spacial score (nSPS) is 20.4. The summed E-state index contributed by atoms with van der Waals surface area (Å²) < 4.78 is 1.21. The van der Waals surface area contributed by atoms with E-state index in [0.29, 0.717) is 6.04 Å². The third-order valence-corrected chi connectivity index (χ3v) is 4.05. The summed E-state index contributed by atoms with van der Waals surface area (Å²) in [5.41, 5.74) is 9.70. The van der Waals surface area contributed by atoms with E-state index in [-0.39, 0.29) is 0 Å². The molecule has 0 aliphatic heterocycles. The fourth-order valence-corrected chi connectivity index (χ4v) is 2.82. The van der Waals surface area contributed by atoms with Crippen LogP contribution in [0, 0.1) is 0 Å². The van der Waals surface area contributed by atoms with Crippen LogP contribution in [0.5, 0.6) is 0 Å². The molecule has 2 nitrogen and oxygen atoms in total. The van der Waals surface area contributed by atoms with Gasteiger partial charge in [0.25, 0.3) is 0 Å². The smallest absolute Gasteiger partial charge is 0.0350 e. The van der Waals surface area contributed by atoms with E-state index in [0.717, 1.165) is 18.5 Å². The Morgan fingerprint density at radius 3 is 2.73 bits per heavy atom. The molecule has 0 saturated carbocycles. The second-order valence-corrected chi connectivity index (χ2v) is 5.31. The third-order valence-electron chi connectivity index (χ3n) is 3.31. The first-order valence-corrected chi connectivity index (χ1v) is 6.11. The number of nitrogens with zero attached hydrogens (tertiary/aromatic N) is 1. The largest absolute Gasteiger partial charge is 0.398 e. The molecule has 1 aliphatic carbocycles. The van der Waals surface area contributed by atoms with Crippen molar-refractivity contribution in [3.8, 4) is 0 Å². The number of halogens is 1. The number of hydrogen-bond acceptors (Lipinski definition) is 2. The number of likely N-dealkylation sites (N-methyl/N-ethyl adjacent to an activating group) is 1. The van der Waals surface area contributed by atoms with E-state index < -0.39 is 0 Å². The van der Waals surface area contributed by atoms with Crippen molar-refractivity contribution in [2.45, 2.75) is 25.3 Å². The zero-order chi connectivity index (χ0) is 11.0. The van der Waals surface area contributed by atoms with Crippen molar-refractivity contribution in [3.05, 3.63) is 27.7 Å². The lowest BCUT2D eigenvalue weighted by molar-refractivity contribution is 0.268. The SMILES string of the molecule is CN(C)[C@H]1CCc2c(N)ccc(Br)c2C1. The first kappa shape index (κ1) is 11.0. The molecule has 1 aliphatic rings. The van der Waals surface area contributed by atoms with Gasteiger partial charge in [-0.2, -0.15) is 0 Å². The molecule has 1 aromatic rings. The van der Waals surface area contributed by atoms with Gasteiger partial charge in [-0.3, -0.25) is 0 Å². The summed E-state index contributed by atoms with van der Waals surface area (Å²) in [6.07, 6.45) is 3.41. The Bertz CT molecular complexity index is 374. The standard InChI is InChI=1S/C12H17BrN2/c1-15(2)8-3-4-9-10(7-8)11(13)5-6-12(9)14/h5-6,8H,3-4,7,14H2,1-2H3/t8-/m0/s1. The van der Waals surface area contributed by atoms with Crippen molar-refractivity contribution < 1.29 is 0 Å². The van der Waals surface area contributed by atoms with Gasteiger partial charge < -0.3 is 10.6 Å². The molecule has 0 spiro atoms. The highest BCUT2D eigenvalue weighted by Gasteiger charge is 2.23. The van der Waals surface area contributed by atoms with Gasteiger partial charge in [0.05, 0.1) is 0 Å². The lowest BCUT2D eigenvalue weighted by Gasteiger charge is -2.31. The Kier molecular flexibility index (Phi) is 3.03. The lowest BCUT2D eigenvalue weighted by atomic mass is 9.87. The minimum atomic E-state index is 0.649. The minimum absolute atomic E-state index is 0.649. The average molecular weight is 269 g/mol. The molecule has 2 N–H and O–H groups in total. The van der Waals surface area contributed by atoms with Gasteiger partial charge in [-0.25, -0.2) is 0 Å². The molecule has 3 heteroatoms. The predicted octanol–water partition coefficient (Wildman–Crippen LogP) is 2.45. The third kappa shape index (κ3) is 2.04. The van der Waals surface area contributed by atoms with Crippen LogP contribution < -0.4 is 5.73 Å². The predicted molar refractivity (Wildman–Crippen MR) is 68.1 cm³/mol. The fraction of sp³-hybridized carbons (Fsp3) is 0.500. The molecular formula is C12H17BrN2. The number of nitrogens with two attached hydrogens (primary N) is 1. The monoisotopic (exact) mass is 268 g/mol. The summed E-state index contributed by atoms with van der Waals surface area (Å²) in [5.74, 6) is 0. The van der Waals surface area contributed by atoms with E-state index in [4.69, 9.17) is 5.73 Å². The molecule has 82 valence electrons. The first-order chi connectivity index (χ1) is 7.09. The Hall–Kier alpha value is -0.540. The Morgan fingerprint density at radius 2 is 2.07 bits per heavy atom. The summed E-state index contributed by atoms with van der Waals surface area (Å²) in [6.45, 7) is 0. The van der Waals surface area contributed by atoms with Crippen molar-refractivity contribution in [2.75, 3.05) is 19.8 Å². The average Bonchev–Trinajstić information content (AvgIpc) is 2.23. The maximum absolute atomic E-state index is 6.00. The molecule has 1 atom stereocenters. The van der Waals surface area contributed by atoms with E-state index in [1.807, 2.05) is 6.07 Å². The first-order valence-electron chi connectivity index (χ1n) is 5.31. The van der Waals surface area contributed by atoms with Crippen LogP contribution >= 0.6 is 15.9 Å². The highest BCUT2D eigenvalue weighted by Crippen LogP contribution is 2.33. The van der Waals surface area contributed by atoms with Crippen LogP contribution in [0.15, 0.2) is 16.6 Å². The Balaban J connectivity index is 2.36. The summed E-state index contributed by atoms with van der Waals surface area (Å²) in [4.78, 5) is 2.30. The van der Waals surface area contributed by atoms with E-state index >= 15 is 0 Å². The maximum atomic E-state index is 6.00. The van der Waals surface area contributed by atoms with Gasteiger partial charge in [0.2, 0.25) is 0 Å². The van der Waals surface area contributed by atoms with Gasteiger partial charge in [-0.05, 0) is 56.6 Å². The lowest BCUT2D eigenvalue weighted by Crippen LogP contribution is -2.33. The van der Waals surface area contributed by atoms with Crippen molar-refractivity contribution in [3.63, 3.8) is 0 Å². The van der Waals surface area contributed by atoms with Gasteiger partial charge in [-0.1, -0.05) is 15.9 Å². The van der Waals surface area contributed by atoms with Crippen LogP contribution in [0.2, 0.25) is 0 Å². The molecule has 1 aromatic carbocycles. The topological polar surface area (TPSA) is 29.3 Å². The van der Waals surface area contributed by atoms with E-state index in [1.54, 1.807) is 0 Å². The van der Waals surface area contributed by atoms with Gasteiger partial charge in [0, 0.05) is 16.2 Å². The van der Waals surface area contributed by atoms with Crippen LogP contribution in [-0.4, -0.2) is 25.0 Å². The number of nitrogen functional groups attached to an aromatic ring is 1. The number of anilines is 1. The van der Waals surface area contributed by atoms with E-state index in [9.17, 15) is 0 Å². The molecule has 0 amide bonds. The van der Waals surface area contributed by atoms with Crippen molar-refractivity contribution in [1.29, 1.82) is 0 Å². The molecule has 0 radical (unpaired) electrons. The molecule has 15 heavy (non-hydrogen) atoms. The molecule has 0 saturated heterocycles. The van der Waals surface area contributed by atoms with Crippen LogP contribution in [0.25, 0.3) is 0 Å². The summed E-state index contributed by atoms with van der Waals surface area (Å²) in [5, 5.41) is 0. The summed E-state index contributed by atoms with van der Waals surface area (Å²) in [7, 11) is 4.30. The number of hydrogen-bond donors (Lipinski definition) is 1. The highest BCUT2D eigenvalue weighted by atomic mass is 79.9. The molecule has 0 unspecified atom stereocenters. The highest BCUT2D eigenvalue weighted by molar-refractivity contribution is 9.10. The van der Waals surface area contributed by atoms with Crippen LogP contribution in [0.3, 0.4) is 0 Å². The summed E-state index contributed by atoms with van der Waals surface area (Å²) in [6, 6.07) is 4.71. The Morgan fingerprint density at radius 1 is 1.33 bits per heavy atom. The van der Waals surface area contributed by atoms with Crippen molar-refractivity contribution in [2.24, 2.45) is 0 Å². The quantitative estimate of drug-likeness (QED) is 0.793. The van der Waals surface area contributed by atoms with E-state index in [2.05, 4.69) is 41.0 Å². The van der Waals surface area contributed by atoms with E-state index in [1.165, 1.54) is 22.0 Å². The second-order valence-electron chi connectivity index (χ2n) is 4.45. The van der Waals surface area contributed by atoms with Crippen LogP contribution in [-0.2, 0) is 12.8 Å². The van der Waals surface area contributed by atoms with Gasteiger partial charge in [0.15, 0.2) is 0 Å². The number of fused-ring (bicyclic) bond motifs is 1. The zero-order valence-corrected chi connectivity index (χ0v) is 10.8. The van der Waals surface area contributed by atoms with Crippen LogP contribution in [0.1, 0.15) is 17.5 Å². The zero-order valence-electron chi connectivity index (χ0n) is 9.26. The van der Waals surface area contributed by atoms with Crippen LogP contribution in [0.4, 0.5) is 5.69 Å². The van der Waals surface area contributed by atoms with Crippen molar-refractivity contribution in [1.82, 2.24) is 4.90 Å².